The Morgan fingerprint density at radius 3 is 2.89 bits per heavy atom. The monoisotopic (exact) mass is 246 g/mol. The first-order chi connectivity index (χ1) is 8.54. The van der Waals surface area contributed by atoms with Crippen molar-refractivity contribution in [2.75, 3.05) is 11.9 Å². The van der Waals surface area contributed by atoms with Crippen LogP contribution in [0, 0.1) is 0 Å². The fraction of sp³-hybridized carbons (Fsp3) is 0.385. The molecule has 0 amide bonds. The molecule has 0 spiro atoms. The summed E-state index contributed by atoms with van der Waals surface area (Å²) >= 11 is 0. The summed E-state index contributed by atoms with van der Waals surface area (Å²) in [6.45, 7) is 4.86. The average Bonchev–Trinajstić information content (AvgIpc) is 2.81. The largest absolute Gasteiger partial charge is 0.423 e. The summed E-state index contributed by atoms with van der Waals surface area (Å²) in [6.07, 6.45) is 2.23. The van der Waals surface area contributed by atoms with Crippen LogP contribution in [-0.2, 0) is 0 Å². The van der Waals surface area contributed by atoms with Gasteiger partial charge in [0.25, 0.3) is 0 Å². The predicted molar refractivity (Wildman–Crippen MR) is 71.1 cm³/mol. The molecule has 0 unspecified atom stereocenters. The minimum atomic E-state index is -0.156. The van der Waals surface area contributed by atoms with Crippen LogP contribution >= 0.6 is 0 Å². The van der Waals surface area contributed by atoms with E-state index in [2.05, 4.69) is 15.5 Å². The zero-order valence-corrected chi connectivity index (χ0v) is 10.7. The molecule has 3 N–H and O–H groups in total. The normalized spacial score (nSPS) is 11.5. The van der Waals surface area contributed by atoms with Gasteiger partial charge >= 0.3 is 0 Å². The Bertz CT molecular complexity index is 488. The number of nitrogens with zero attached hydrogens (tertiary/aromatic N) is 2. The van der Waals surface area contributed by atoms with Crippen molar-refractivity contribution in [1.29, 1.82) is 0 Å². The molecule has 0 atom stereocenters. The molecule has 0 aliphatic carbocycles. The average molecular weight is 246 g/mol. The zero-order valence-electron chi connectivity index (χ0n) is 10.7. The summed E-state index contributed by atoms with van der Waals surface area (Å²) in [5.74, 6) is 0.526. The van der Waals surface area contributed by atoms with Crippen LogP contribution in [0.25, 0.3) is 11.5 Å². The van der Waals surface area contributed by atoms with Gasteiger partial charge in [0.2, 0.25) is 12.3 Å². The van der Waals surface area contributed by atoms with Gasteiger partial charge in [0.05, 0.1) is 0 Å². The molecule has 0 aliphatic rings. The maximum atomic E-state index is 5.93. The molecule has 18 heavy (non-hydrogen) atoms. The van der Waals surface area contributed by atoms with Crippen LogP contribution in [-0.4, -0.2) is 22.3 Å². The molecular weight excluding hydrogens is 228 g/mol. The van der Waals surface area contributed by atoms with E-state index in [-0.39, 0.29) is 5.54 Å². The summed E-state index contributed by atoms with van der Waals surface area (Å²) < 4.78 is 5.16. The third-order valence-corrected chi connectivity index (χ3v) is 2.57. The molecule has 0 aliphatic heterocycles. The second-order valence-electron chi connectivity index (χ2n) is 4.99. The van der Waals surface area contributed by atoms with Gasteiger partial charge in [-0.2, -0.15) is 0 Å². The lowest BCUT2D eigenvalue weighted by molar-refractivity contribution is 0.491. The Balaban J connectivity index is 2.00. The van der Waals surface area contributed by atoms with Crippen molar-refractivity contribution in [1.82, 2.24) is 10.2 Å². The van der Waals surface area contributed by atoms with Crippen LogP contribution in [0.3, 0.4) is 0 Å². The minimum Gasteiger partial charge on any atom is -0.423 e. The number of hydrogen-bond acceptors (Lipinski definition) is 5. The van der Waals surface area contributed by atoms with Crippen molar-refractivity contribution in [2.45, 2.75) is 25.8 Å². The lowest BCUT2D eigenvalue weighted by atomic mass is 10.0. The standard InChI is InChI=1S/C13H18N4O/c1-13(2,14)6-7-15-11-5-3-4-10(8-11)12-17-16-9-18-12/h3-5,8-9,15H,6-7,14H2,1-2H3. The molecular formula is C13H18N4O. The van der Waals surface area contributed by atoms with Crippen LogP contribution in [0.5, 0.6) is 0 Å². The van der Waals surface area contributed by atoms with Crippen molar-refractivity contribution in [3.63, 3.8) is 0 Å². The zero-order chi connectivity index (χ0) is 13.0. The highest BCUT2D eigenvalue weighted by Crippen LogP contribution is 2.20. The lowest BCUT2D eigenvalue weighted by Gasteiger charge is -2.18. The maximum absolute atomic E-state index is 5.93. The minimum absolute atomic E-state index is 0.156. The van der Waals surface area contributed by atoms with Gasteiger partial charge in [-0.25, -0.2) is 0 Å². The van der Waals surface area contributed by atoms with E-state index in [1.54, 1.807) is 0 Å². The van der Waals surface area contributed by atoms with Crippen molar-refractivity contribution in [2.24, 2.45) is 5.73 Å². The third-order valence-electron chi connectivity index (χ3n) is 2.57. The summed E-state index contributed by atoms with van der Waals surface area (Å²) in [7, 11) is 0. The van der Waals surface area contributed by atoms with Crippen LogP contribution < -0.4 is 11.1 Å². The number of rotatable bonds is 5. The van der Waals surface area contributed by atoms with Gasteiger partial charge in [-0.3, -0.25) is 0 Å². The van der Waals surface area contributed by atoms with Crippen molar-refractivity contribution < 1.29 is 4.42 Å². The molecule has 2 rings (SSSR count). The van der Waals surface area contributed by atoms with Gasteiger partial charge in [0, 0.05) is 23.3 Å². The Hall–Kier alpha value is -1.88. The predicted octanol–water partition coefficient (Wildman–Crippen LogP) is 2.28. The van der Waals surface area contributed by atoms with Crippen LogP contribution in [0.2, 0.25) is 0 Å². The molecule has 5 heteroatoms. The Kier molecular flexibility index (Phi) is 3.62. The van der Waals surface area contributed by atoms with E-state index in [9.17, 15) is 0 Å². The Labute approximate surface area is 106 Å². The van der Waals surface area contributed by atoms with Crippen LogP contribution in [0.4, 0.5) is 5.69 Å². The van der Waals surface area contributed by atoms with E-state index in [4.69, 9.17) is 10.2 Å². The van der Waals surface area contributed by atoms with Crippen molar-refractivity contribution in [3.8, 4) is 11.5 Å². The number of hydrogen-bond donors (Lipinski definition) is 2. The van der Waals surface area contributed by atoms with Gasteiger partial charge in [-0.1, -0.05) is 6.07 Å². The SMILES string of the molecule is CC(C)(N)CCNc1cccc(-c2nnco2)c1. The quantitative estimate of drug-likeness (QED) is 0.846. The first-order valence-corrected chi connectivity index (χ1v) is 5.94. The number of benzene rings is 1. The molecule has 96 valence electrons. The molecule has 1 aromatic carbocycles. The molecule has 0 radical (unpaired) electrons. The summed E-state index contributed by atoms with van der Waals surface area (Å²) in [4.78, 5) is 0. The van der Waals surface area contributed by atoms with Crippen molar-refractivity contribution in [3.05, 3.63) is 30.7 Å². The van der Waals surface area contributed by atoms with Gasteiger partial charge in [-0.15, -0.1) is 10.2 Å². The molecule has 1 aromatic heterocycles. The Morgan fingerprint density at radius 1 is 1.39 bits per heavy atom. The highest BCUT2D eigenvalue weighted by atomic mass is 16.4. The third kappa shape index (κ3) is 3.56. The van der Waals surface area contributed by atoms with Gasteiger partial charge < -0.3 is 15.5 Å². The van der Waals surface area contributed by atoms with E-state index < -0.39 is 0 Å². The fourth-order valence-electron chi connectivity index (χ4n) is 1.59. The van der Waals surface area contributed by atoms with Crippen LogP contribution in [0.15, 0.2) is 35.1 Å². The molecule has 1 heterocycles. The van der Waals surface area contributed by atoms with E-state index >= 15 is 0 Å². The molecule has 0 fully saturated rings. The van der Waals surface area contributed by atoms with E-state index in [1.165, 1.54) is 6.39 Å². The summed E-state index contributed by atoms with van der Waals surface area (Å²) in [5, 5.41) is 10.9. The van der Waals surface area contributed by atoms with Crippen molar-refractivity contribution >= 4 is 5.69 Å². The molecule has 0 saturated carbocycles. The number of anilines is 1. The maximum Gasteiger partial charge on any atom is 0.247 e. The first-order valence-electron chi connectivity index (χ1n) is 5.94. The van der Waals surface area contributed by atoms with Gasteiger partial charge in [0.15, 0.2) is 0 Å². The molecule has 2 aromatic rings. The topological polar surface area (TPSA) is 77.0 Å². The molecule has 5 nitrogen and oxygen atoms in total. The molecule has 0 bridgehead atoms. The molecule has 0 saturated heterocycles. The lowest BCUT2D eigenvalue weighted by Crippen LogP contribution is -2.34. The van der Waals surface area contributed by atoms with E-state index in [1.807, 2.05) is 38.1 Å². The second-order valence-corrected chi connectivity index (χ2v) is 4.99. The summed E-state index contributed by atoms with van der Waals surface area (Å²) in [5.41, 5.74) is 7.71. The highest BCUT2D eigenvalue weighted by Gasteiger charge is 2.09. The van der Waals surface area contributed by atoms with Gasteiger partial charge in [-0.05, 0) is 38.5 Å². The van der Waals surface area contributed by atoms with E-state index in [0.29, 0.717) is 5.89 Å². The number of nitrogens with two attached hydrogens (primary N) is 1. The second kappa shape index (κ2) is 5.18. The van der Waals surface area contributed by atoms with Crippen LogP contribution in [0.1, 0.15) is 20.3 Å². The smallest absolute Gasteiger partial charge is 0.247 e. The highest BCUT2D eigenvalue weighted by molar-refractivity contribution is 5.60. The Morgan fingerprint density at radius 2 is 2.22 bits per heavy atom. The fourth-order valence-corrected chi connectivity index (χ4v) is 1.59. The number of nitrogens with one attached hydrogen (secondary N) is 1. The first kappa shape index (κ1) is 12.6. The van der Waals surface area contributed by atoms with Gasteiger partial charge in [0.1, 0.15) is 0 Å². The summed E-state index contributed by atoms with van der Waals surface area (Å²) in [6, 6.07) is 7.88. The number of aromatic nitrogens is 2. The van der Waals surface area contributed by atoms with E-state index in [0.717, 1.165) is 24.2 Å².